The van der Waals surface area contributed by atoms with Gasteiger partial charge in [0.2, 0.25) is 5.91 Å². The molecule has 1 aliphatic heterocycles. The molecule has 1 saturated heterocycles. The predicted molar refractivity (Wildman–Crippen MR) is 115 cm³/mol. The number of hydrogen-bond donors (Lipinski definition) is 1. The number of likely N-dealkylation sites (tertiary alicyclic amines) is 1. The summed E-state index contributed by atoms with van der Waals surface area (Å²) in [6, 6.07) is 9.60. The lowest BCUT2D eigenvalue weighted by molar-refractivity contribution is -0.121. The number of ketones is 1. The summed E-state index contributed by atoms with van der Waals surface area (Å²) >= 11 is 7.66. The Kier molecular flexibility index (Phi) is 7.65. The van der Waals surface area contributed by atoms with Crippen molar-refractivity contribution >= 4 is 34.6 Å². The summed E-state index contributed by atoms with van der Waals surface area (Å²) in [6.07, 6.45) is 3.80. The van der Waals surface area contributed by atoms with Crippen molar-refractivity contribution in [3.05, 3.63) is 56.7 Å². The minimum atomic E-state index is 0.0842. The number of rotatable bonds is 8. The van der Waals surface area contributed by atoms with E-state index in [1.807, 2.05) is 30.3 Å². The largest absolute Gasteiger partial charge is 0.352 e. The second-order valence-electron chi connectivity index (χ2n) is 7.53. The highest BCUT2D eigenvalue weighted by atomic mass is 35.5. The maximum absolute atomic E-state index is 12.2. The zero-order valence-electron chi connectivity index (χ0n) is 16.2. The van der Waals surface area contributed by atoms with Gasteiger partial charge in [-0.25, -0.2) is 0 Å². The van der Waals surface area contributed by atoms with Crippen molar-refractivity contribution in [1.29, 1.82) is 0 Å². The molecule has 1 unspecified atom stereocenters. The summed E-state index contributed by atoms with van der Waals surface area (Å²) in [5.74, 6) is 0.766. The van der Waals surface area contributed by atoms with Gasteiger partial charge in [-0.05, 0) is 67.3 Å². The zero-order chi connectivity index (χ0) is 19.9. The SMILES string of the molecule is CC(=O)c1cc(CN2CCCC(CCC(=O)NCc3ccccc3Cl)C2)cs1. The quantitative estimate of drug-likeness (QED) is 0.619. The monoisotopic (exact) mass is 418 g/mol. The molecule has 2 aromatic rings. The van der Waals surface area contributed by atoms with Crippen LogP contribution in [-0.4, -0.2) is 29.7 Å². The average molecular weight is 419 g/mol. The number of thiophene rings is 1. The van der Waals surface area contributed by atoms with Crippen molar-refractivity contribution in [2.45, 2.75) is 45.7 Å². The molecule has 0 radical (unpaired) electrons. The molecule has 0 saturated carbocycles. The third-order valence-corrected chi connectivity index (χ3v) is 6.67. The summed E-state index contributed by atoms with van der Waals surface area (Å²) < 4.78 is 0. The number of nitrogens with zero attached hydrogens (tertiary/aromatic N) is 1. The van der Waals surface area contributed by atoms with Gasteiger partial charge >= 0.3 is 0 Å². The number of piperidine rings is 1. The number of nitrogens with one attached hydrogen (secondary N) is 1. The number of Topliss-reactive ketones (excluding diaryl/α,β-unsaturated/α-hetero) is 1. The van der Waals surface area contributed by atoms with Crippen molar-refractivity contribution in [2.24, 2.45) is 5.92 Å². The van der Waals surface area contributed by atoms with Gasteiger partial charge in [-0.1, -0.05) is 29.8 Å². The standard InChI is InChI=1S/C22H27ClN2O2S/c1-16(26)21-11-18(15-28-21)14-25-10-4-5-17(13-25)8-9-22(27)24-12-19-6-2-3-7-20(19)23/h2-3,6-7,11,15,17H,4-5,8-10,12-14H2,1H3,(H,24,27). The fourth-order valence-corrected chi connectivity index (χ4v) is 4.70. The second-order valence-corrected chi connectivity index (χ2v) is 8.84. The van der Waals surface area contributed by atoms with E-state index in [1.54, 1.807) is 6.92 Å². The minimum absolute atomic E-state index is 0.0842. The van der Waals surface area contributed by atoms with Gasteiger partial charge in [0.25, 0.3) is 0 Å². The van der Waals surface area contributed by atoms with Crippen molar-refractivity contribution in [1.82, 2.24) is 10.2 Å². The normalized spacial score (nSPS) is 17.4. The molecule has 1 aliphatic rings. The number of carbonyl (C=O) groups is 2. The van der Waals surface area contributed by atoms with E-state index in [2.05, 4.69) is 15.6 Å². The van der Waals surface area contributed by atoms with E-state index < -0.39 is 0 Å². The molecule has 6 heteroatoms. The molecule has 2 heterocycles. The number of hydrogen-bond acceptors (Lipinski definition) is 4. The Hall–Kier alpha value is -1.69. The van der Waals surface area contributed by atoms with E-state index in [4.69, 9.17) is 11.6 Å². The highest BCUT2D eigenvalue weighted by molar-refractivity contribution is 7.12. The molecule has 0 aliphatic carbocycles. The lowest BCUT2D eigenvalue weighted by Gasteiger charge is -2.32. The predicted octanol–water partition coefficient (Wildman–Crippen LogP) is 4.91. The first-order chi connectivity index (χ1) is 13.5. The Bertz CT molecular complexity index is 820. The first-order valence-electron chi connectivity index (χ1n) is 9.82. The smallest absolute Gasteiger partial charge is 0.220 e. The minimum Gasteiger partial charge on any atom is -0.352 e. The summed E-state index contributed by atoms with van der Waals surface area (Å²) in [4.78, 5) is 27.0. The van der Waals surface area contributed by atoms with E-state index in [9.17, 15) is 9.59 Å². The van der Waals surface area contributed by atoms with Crippen molar-refractivity contribution in [3.8, 4) is 0 Å². The van der Waals surface area contributed by atoms with Crippen molar-refractivity contribution in [3.63, 3.8) is 0 Å². The molecule has 0 bridgehead atoms. The van der Waals surface area contributed by atoms with E-state index in [0.29, 0.717) is 23.9 Å². The van der Waals surface area contributed by atoms with Crippen molar-refractivity contribution < 1.29 is 9.59 Å². The number of amides is 1. The van der Waals surface area contributed by atoms with Crippen LogP contribution in [0.25, 0.3) is 0 Å². The first kappa shape index (κ1) is 21.0. The maximum Gasteiger partial charge on any atom is 0.220 e. The van der Waals surface area contributed by atoms with Gasteiger partial charge < -0.3 is 5.32 Å². The van der Waals surface area contributed by atoms with Crippen LogP contribution < -0.4 is 5.32 Å². The Morgan fingerprint density at radius 3 is 2.89 bits per heavy atom. The fourth-order valence-electron chi connectivity index (χ4n) is 3.69. The van der Waals surface area contributed by atoms with Gasteiger partial charge in [-0.2, -0.15) is 0 Å². The molecule has 1 N–H and O–H groups in total. The van der Waals surface area contributed by atoms with Gasteiger partial charge in [0, 0.05) is 31.1 Å². The molecule has 1 atom stereocenters. The molecule has 1 aromatic heterocycles. The van der Waals surface area contributed by atoms with Crippen LogP contribution in [-0.2, 0) is 17.9 Å². The van der Waals surface area contributed by atoms with Gasteiger partial charge in [-0.3, -0.25) is 14.5 Å². The Balaban J connectivity index is 1.41. The molecule has 3 rings (SSSR count). The lowest BCUT2D eigenvalue weighted by atomic mass is 9.93. The lowest BCUT2D eigenvalue weighted by Crippen LogP contribution is -2.35. The molecule has 1 amide bonds. The Morgan fingerprint density at radius 2 is 2.14 bits per heavy atom. The Labute approximate surface area is 175 Å². The zero-order valence-corrected chi connectivity index (χ0v) is 17.8. The average Bonchev–Trinajstić information content (AvgIpc) is 3.15. The molecule has 1 aromatic carbocycles. The summed E-state index contributed by atoms with van der Waals surface area (Å²) in [5, 5.41) is 5.75. The van der Waals surface area contributed by atoms with Crippen LogP contribution in [0, 0.1) is 5.92 Å². The Morgan fingerprint density at radius 1 is 1.32 bits per heavy atom. The third kappa shape index (κ3) is 6.16. The first-order valence-corrected chi connectivity index (χ1v) is 11.1. The fraction of sp³-hybridized carbons (Fsp3) is 0.455. The maximum atomic E-state index is 12.2. The molecule has 4 nitrogen and oxygen atoms in total. The molecule has 28 heavy (non-hydrogen) atoms. The molecule has 0 spiro atoms. The van der Waals surface area contributed by atoms with Crippen LogP contribution in [0.5, 0.6) is 0 Å². The van der Waals surface area contributed by atoms with Crippen molar-refractivity contribution in [2.75, 3.05) is 13.1 Å². The summed E-state index contributed by atoms with van der Waals surface area (Å²) in [7, 11) is 0. The van der Waals surface area contributed by atoms with Crippen LogP contribution in [0.15, 0.2) is 35.7 Å². The molecule has 150 valence electrons. The van der Waals surface area contributed by atoms with Gasteiger partial charge in [0.15, 0.2) is 5.78 Å². The van der Waals surface area contributed by atoms with E-state index in [0.717, 1.165) is 42.9 Å². The van der Waals surface area contributed by atoms with Crippen LogP contribution in [0.2, 0.25) is 5.02 Å². The second kappa shape index (κ2) is 10.2. The van der Waals surface area contributed by atoms with Crippen LogP contribution in [0.4, 0.5) is 0 Å². The molecular weight excluding hydrogens is 392 g/mol. The van der Waals surface area contributed by atoms with Gasteiger partial charge in [0.05, 0.1) is 4.88 Å². The number of carbonyl (C=O) groups excluding carboxylic acids is 2. The third-order valence-electron chi connectivity index (χ3n) is 5.22. The summed E-state index contributed by atoms with van der Waals surface area (Å²) in [5.41, 5.74) is 2.16. The molecule has 1 fully saturated rings. The number of benzene rings is 1. The van der Waals surface area contributed by atoms with E-state index in [1.165, 1.54) is 23.3 Å². The van der Waals surface area contributed by atoms with E-state index in [-0.39, 0.29) is 11.7 Å². The molecular formula is C22H27ClN2O2S. The van der Waals surface area contributed by atoms with Gasteiger partial charge in [-0.15, -0.1) is 11.3 Å². The highest BCUT2D eigenvalue weighted by Gasteiger charge is 2.21. The van der Waals surface area contributed by atoms with Crippen LogP contribution in [0.3, 0.4) is 0 Å². The van der Waals surface area contributed by atoms with E-state index >= 15 is 0 Å². The van der Waals surface area contributed by atoms with Gasteiger partial charge in [0.1, 0.15) is 0 Å². The van der Waals surface area contributed by atoms with Crippen LogP contribution in [0.1, 0.15) is 53.4 Å². The topological polar surface area (TPSA) is 49.4 Å². The summed E-state index contributed by atoms with van der Waals surface area (Å²) in [6.45, 7) is 5.08. The number of halogens is 1. The highest BCUT2D eigenvalue weighted by Crippen LogP contribution is 2.24. The van der Waals surface area contributed by atoms with Crippen LogP contribution >= 0.6 is 22.9 Å².